The zero-order valence-electron chi connectivity index (χ0n) is 13.6. The van der Waals surface area contributed by atoms with Crippen molar-refractivity contribution in [1.82, 2.24) is 29.4 Å². The number of rotatable bonds is 3. The van der Waals surface area contributed by atoms with E-state index >= 15 is 0 Å². The lowest BCUT2D eigenvalue weighted by Gasteiger charge is -2.39. The van der Waals surface area contributed by atoms with E-state index in [0.717, 1.165) is 37.9 Å². The molecule has 0 aromatic carbocycles. The van der Waals surface area contributed by atoms with Gasteiger partial charge in [0, 0.05) is 44.3 Å². The van der Waals surface area contributed by atoms with E-state index in [1.54, 1.807) is 6.07 Å². The van der Waals surface area contributed by atoms with Crippen molar-refractivity contribution < 1.29 is 9.90 Å². The molecular weight excluding hydrogens is 312 g/mol. The van der Waals surface area contributed by atoms with Gasteiger partial charge in [0.15, 0.2) is 0 Å². The Balaban J connectivity index is 0.000000526. The molecule has 1 aliphatic heterocycles. The topological polar surface area (TPSA) is 107 Å². The number of carboxylic acid groups (broad SMARTS) is 1. The highest BCUT2D eigenvalue weighted by Gasteiger charge is 2.34. The van der Waals surface area contributed by atoms with Gasteiger partial charge in [-0.3, -0.25) is 24.5 Å². The highest BCUT2D eigenvalue weighted by molar-refractivity contribution is 5.32. The largest absolute Gasteiger partial charge is 0.483 e. The average Bonchev–Trinajstić information content (AvgIpc) is 3.28. The molecule has 2 aromatic heterocycles. The summed E-state index contributed by atoms with van der Waals surface area (Å²) in [7, 11) is 0. The van der Waals surface area contributed by atoms with Crippen molar-refractivity contribution in [2.24, 2.45) is 0 Å². The van der Waals surface area contributed by atoms with Crippen LogP contribution in [0.25, 0.3) is 5.78 Å². The Labute approximate surface area is 138 Å². The summed E-state index contributed by atoms with van der Waals surface area (Å²) in [5, 5.41) is 9.65. The van der Waals surface area contributed by atoms with Crippen LogP contribution < -0.4 is 5.56 Å². The fourth-order valence-electron chi connectivity index (χ4n) is 3.19. The minimum absolute atomic E-state index is 0.100. The molecule has 1 atom stereocenters. The lowest BCUT2D eigenvalue weighted by Crippen LogP contribution is -2.52. The van der Waals surface area contributed by atoms with Crippen LogP contribution in [0.5, 0.6) is 0 Å². The van der Waals surface area contributed by atoms with E-state index < -0.39 is 0 Å². The molecule has 0 bridgehead atoms. The summed E-state index contributed by atoms with van der Waals surface area (Å²) in [6.07, 6.45) is 4.21. The molecule has 24 heavy (non-hydrogen) atoms. The van der Waals surface area contributed by atoms with Crippen molar-refractivity contribution >= 4 is 12.2 Å². The van der Waals surface area contributed by atoms with Crippen LogP contribution in [0, 0.1) is 0 Å². The summed E-state index contributed by atoms with van der Waals surface area (Å²) >= 11 is 0. The highest BCUT2D eigenvalue weighted by Crippen LogP contribution is 2.29. The van der Waals surface area contributed by atoms with E-state index in [1.807, 2.05) is 0 Å². The van der Waals surface area contributed by atoms with E-state index in [2.05, 4.69) is 31.8 Å². The molecule has 0 amide bonds. The molecule has 1 saturated heterocycles. The molecule has 9 heteroatoms. The normalized spacial score (nSPS) is 22.1. The summed E-state index contributed by atoms with van der Waals surface area (Å²) in [6.45, 7) is 6.01. The third-order valence-corrected chi connectivity index (χ3v) is 4.55. The zero-order valence-corrected chi connectivity index (χ0v) is 13.6. The van der Waals surface area contributed by atoms with Gasteiger partial charge < -0.3 is 5.11 Å². The monoisotopic (exact) mass is 334 g/mol. The van der Waals surface area contributed by atoms with Crippen molar-refractivity contribution in [3.05, 3.63) is 28.4 Å². The summed E-state index contributed by atoms with van der Waals surface area (Å²) < 4.78 is 1.36. The third kappa shape index (κ3) is 3.62. The number of piperazine rings is 1. The molecule has 4 rings (SSSR count). The number of fused-ring (bicyclic) bond motifs is 1. The van der Waals surface area contributed by atoms with Crippen LogP contribution in [0.15, 0.2) is 17.2 Å². The Hall–Kier alpha value is -2.26. The molecule has 0 radical (unpaired) electrons. The maximum Gasteiger partial charge on any atom is 0.290 e. The van der Waals surface area contributed by atoms with Gasteiger partial charge >= 0.3 is 0 Å². The first kappa shape index (κ1) is 16.6. The lowest BCUT2D eigenvalue weighted by atomic mass is 10.1. The van der Waals surface area contributed by atoms with E-state index in [1.165, 1.54) is 23.7 Å². The zero-order chi connectivity index (χ0) is 17.1. The number of carbonyl (C=O) groups is 1. The number of aromatic nitrogens is 4. The lowest BCUT2D eigenvalue weighted by molar-refractivity contribution is -0.122. The molecule has 1 aliphatic carbocycles. The van der Waals surface area contributed by atoms with E-state index in [-0.39, 0.29) is 12.0 Å². The van der Waals surface area contributed by atoms with Gasteiger partial charge in [0.25, 0.3) is 17.8 Å². The molecule has 130 valence electrons. The standard InChI is InChI=1S/C14H20N6O.CH2O2/c1-10-7-19(12-2-3-12)5-4-18(10)8-11-6-13(21)20-14(17-11)15-9-16-20;2-1-3/h6,9-10,12H,2-5,7-8H2,1H3,(H,15,16,17);1H,(H,2,3). The number of aromatic amines is 1. The molecule has 2 aromatic rings. The third-order valence-electron chi connectivity index (χ3n) is 4.55. The van der Waals surface area contributed by atoms with Crippen LogP contribution in [0.4, 0.5) is 0 Å². The first-order valence-electron chi connectivity index (χ1n) is 8.10. The van der Waals surface area contributed by atoms with Crippen LogP contribution >= 0.6 is 0 Å². The number of hydrogen-bond donors (Lipinski definition) is 2. The Morgan fingerprint density at radius 3 is 2.83 bits per heavy atom. The van der Waals surface area contributed by atoms with Gasteiger partial charge in [0.1, 0.15) is 6.33 Å². The van der Waals surface area contributed by atoms with Crippen molar-refractivity contribution in [3.63, 3.8) is 0 Å². The Morgan fingerprint density at radius 1 is 1.42 bits per heavy atom. The minimum Gasteiger partial charge on any atom is -0.483 e. The predicted octanol–water partition coefficient (Wildman–Crippen LogP) is -0.213. The minimum atomic E-state index is -0.250. The Kier molecular flexibility index (Phi) is 4.91. The molecular formula is C15H22N6O3. The summed E-state index contributed by atoms with van der Waals surface area (Å²) in [4.78, 5) is 33.8. The highest BCUT2D eigenvalue weighted by atomic mass is 16.3. The maximum atomic E-state index is 12.0. The van der Waals surface area contributed by atoms with Gasteiger partial charge in [0.05, 0.1) is 5.69 Å². The van der Waals surface area contributed by atoms with Crippen LogP contribution in [-0.4, -0.2) is 72.7 Å². The van der Waals surface area contributed by atoms with Crippen molar-refractivity contribution in [1.29, 1.82) is 0 Å². The fourth-order valence-corrected chi connectivity index (χ4v) is 3.19. The molecule has 2 aliphatic rings. The number of hydrogen-bond acceptors (Lipinski definition) is 6. The molecule has 2 fully saturated rings. The average molecular weight is 334 g/mol. The van der Waals surface area contributed by atoms with E-state index in [4.69, 9.17) is 9.90 Å². The van der Waals surface area contributed by atoms with E-state index in [0.29, 0.717) is 11.8 Å². The second-order valence-electron chi connectivity index (χ2n) is 6.26. The summed E-state index contributed by atoms with van der Waals surface area (Å²) in [5.74, 6) is 0.446. The quantitative estimate of drug-likeness (QED) is 0.748. The maximum absolute atomic E-state index is 12.0. The van der Waals surface area contributed by atoms with Crippen molar-refractivity contribution in [2.75, 3.05) is 19.6 Å². The van der Waals surface area contributed by atoms with Crippen LogP contribution in [0.2, 0.25) is 0 Å². The summed E-state index contributed by atoms with van der Waals surface area (Å²) in [5.41, 5.74) is 0.704. The van der Waals surface area contributed by atoms with Gasteiger partial charge in [0.2, 0.25) is 0 Å². The molecule has 3 heterocycles. The fraction of sp³-hybridized carbons (Fsp3) is 0.600. The Morgan fingerprint density at radius 2 is 2.17 bits per heavy atom. The molecule has 9 nitrogen and oxygen atoms in total. The smallest absolute Gasteiger partial charge is 0.290 e. The molecule has 1 unspecified atom stereocenters. The number of nitrogens with zero attached hydrogens (tertiary/aromatic N) is 5. The van der Waals surface area contributed by atoms with Gasteiger partial charge in [-0.1, -0.05) is 0 Å². The van der Waals surface area contributed by atoms with Crippen LogP contribution in [0.3, 0.4) is 0 Å². The number of H-pyrrole nitrogens is 1. The molecule has 1 saturated carbocycles. The summed E-state index contributed by atoms with van der Waals surface area (Å²) in [6, 6.07) is 2.93. The first-order chi connectivity index (χ1) is 11.6. The SMILES string of the molecule is CC1CN(C2CC2)CCN1Cc1cc(=O)n2[nH]cnc2n1.O=CO. The van der Waals surface area contributed by atoms with Crippen LogP contribution in [0.1, 0.15) is 25.5 Å². The van der Waals surface area contributed by atoms with Gasteiger partial charge in [-0.25, -0.2) is 9.97 Å². The van der Waals surface area contributed by atoms with Gasteiger partial charge in [-0.05, 0) is 19.8 Å². The molecule has 2 N–H and O–H groups in total. The second kappa shape index (κ2) is 7.10. The second-order valence-corrected chi connectivity index (χ2v) is 6.26. The Bertz CT molecular complexity index is 753. The van der Waals surface area contributed by atoms with Gasteiger partial charge in [-0.15, -0.1) is 0 Å². The molecule has 0 spiro atoms. The van der Waals surface area contributed by atoms with Gasteiger partial charge in [-0.2, -0.15) is 4.52 Å². The first-order valence-corrected chi connectivity index (χ1v) is 8.10. The van der Waals surface area contributed by atoms with Crippen molar-refractivity contribution in [3.8, 4) is 0 Å². The van der Waals surface area contributed by atoms with Crippen LogP contribution in [-0.2, 0) is 11.3 Å². The van der Waals surface area contributed by atoms with E-state index in [9.17, 15) is 4.79 Å². The predicted molar refractivity (Wildman–Crippen MR) is 86.8 cm³/mol. The number of nitrogens with one attached hydrogen (secondary N) is 1. The van der Waals surface area contributed by atoms with Crippen molar-refractivity contribution in [2.45, 2.75) is 38.4 Å².